The molecule has 56 valence electrons. The third-order valence-electron chi connectivity index (χ3n) is 0.818. The maximum atomic E-state index is 11.3. The van der Waals surface area contributed by atoms with Gasteiger partial charge in [0.1, 0.15) is 0 Å². The van der Waals surface area contributed by atoms with Gasteiger partial charge in [0.2, 0.25) is 0 Å². The topological polar surface area (TPSA) is 46.2 Å². The number of hydrogen-bond donors (Lipinski definition) is 2. The van der Waals surface area contributed by atoms with Gasteiger partial charge in [0.25, 0.3) is 0 Å². The van der Waals surface area contributed by atoms with Crippen molar-refractivity contribution in [2.24, 2.45) is 5.73 Å². The number of hydrogen-bond acceptors (Lipinski definition) is 2. The smallest absolute Gasteiger partial charge is 0.384 e. The van der Waals surface area contributed by atoms with E-state index >= 15 is 0 Å². The van der Waals surface area contributed by atoms with Crippen LogP contribution >= 0.6 is 0 Å². The van der Waals surface area contributed by atoms with Crippen LogP contribution in [0.25, 0.3) is 0 Å². The van der Waals surface area contributed by atoms with E-state index in [4.69, 9.17) is 10.8 Å². The first kappa shape index (κ1) is 8.71. The average molecular weight is 143 g/mol. The van der Waals surface area contributed by atoms with E-state index in [1.54, 1.807) is 0 Å². The Morgan fingerprint density at radius 3 is 2.00 bits per heavy atom. The van der Waals surface area contributed by atoms with Crippen LogP contribution in [0.4, 0.5) is 13.2 Å². The Kier molecular flexibility index (Phi) is 2.93. The minimum Gasteiger partial charge on any atom is -0.384 e. The molecule has 0 unspecified atom stereocenters. The van der Waals surface area contributed by atoms with Crippen LogP contribution < -0.4 is 5.73 Å². The van der Waals surface area contributed by atoms with Gasteiger partial charge < -0.3 is 10.8 Å². The quantitative estimate of drug-likeness (QED) is 0.582. The lowest BCUT2D eigenvalue weighted by atomic mass is 10.2. The first-order chi connectivity index (χ1) is 3.98. The zero-order valence-corrected chi connectivity index (χ0v) is 4.65. The molecule has 0 amide bonds. The van der Waals surface area contributed by atoms with Crippen LogP contribution in [0.1, 0.15) is 6.42 Å². The molecule has 0 saturated heterocycles. The molecule has 1 atom stereocenters. The van der Waals surface area contributed by atoms with Gasteiger partial charge >= 0.3 is 6.18 Å². The van der Waals surface area contributed by atoms with Gasteiger partial charge in [-0.25, -0.2) is 0 Å². The first-order valence-electron chi connectivity index (χ1n) is 2.43. The van der Waals surface area contributed by atoms with Crippen molar-refractivity contribution in [3.8, 4) is 0 Å². The standard InChI is InChI=1S/C4H8F3NO/c5-4(6,7)3(9)1-2-8/h3,9H,1-2,8H2/t3-/m1/s1. The monoisotopic (exact) mass is 143 g/mol. The second-order valence-electron chi connectivity index (χ2n) is 1.63. The van der Waals surface area contributed by atoms with Crippen molar-refractivity contribution in [1.82, 2.24) is 0 Å². The summed E-state index contributed by atoms with van der Waals surface area (Å²) in [5.74, 6) is 0. The molecule has 0 fully saturated rings. The van der Waals surface area contributed by atoms with Crippen molar-refractivity contribution in [2.75, 3.05) is 6.54 Å². The Morgan fingerprint density at radius 2 is 1.89 bits per heavy atom. The van der Waals surface area contributed by atoms with E-state index < -0.39 is 18.7 Å². The summed E-state index contributed by atoms with van der Waals surface area (Å²) in [6, 6.07) is 0. The van der Waals surface area contributed by atoms with Gasteiger partial charge in [-0.2, -0.15) is 13.2 Å². The molecule has 0 aromatic rings. The highest BCUT2D eigenvalue weighted by Crippen LogP contribution is 2.21. The Balaban J connectivity index is 3.59. The highest BCUT2D eigenvalue weighted by Gasteiger charge is 2.37. The van der Waals surface area contributed by atoms with Crippen molar-refractivity contribution in [3.63, 3.8) is 0 Å². The molecule has 0 aliphatic carbocycles. The van der Waals surface area contributed by atoms with Gasteiger partial charge in [-0.3, -0.25) is 0 Å². The van der Waals surface area contributed by atoms with E-state index in [0.717, 1.165) is 0 Å². The van der Waals surface area contributed by atoms with Crippen LogP contribution in [0.3, 0.4) is 0 Å². The fourth-order valence-corrected chi connectivity index (χ4v) is 0.322. The number of aliphatic hydroxyl groups is 1. The van der Waals surface area contributed by atoms with Crippen molar-refractivity contribution in [1.29, 1.82) is 0 Å². The van der Waals surface area contributed by atoms with Crippen molar-refractivity contribution < 1.29 is 18.3 Å². The molecule has 0 heterocycles. The van der Waals surface area contributed by atoms with Crippen molar-refractivity contribution >= 4 is 0 Å². The molecule has 0 saturated carbocycles. The zero-order chi connectivity index (χ0) is 7.49. The summed E-state index contributed by atoms with van der Waals surface area (Å²) >= 11 is 0. The van der Waals surface area contributed by atoms with E-state index in [9.17, 15) is 13.2 Å². The third-order valence-corrected chi connectivity index (χ3v) is 0.818. The first-order valence-corrected chi connectivity index (χ1v) is 2.43. The molecule has 0 aromatic carbocycles. The Bertz CT molecular complexity index is 82.4. The predicted molar refractivity (Wildman–Crippen MR) is 25.7 cm³/mol. The van der Waals surface area contributed by atoms with Gasteiger partial charge in [0.05, 0.1) is 0 Å². The Labute approximate surface area is 50.5 Å². The lowest BCUT2D eigenvalue weighted by Crippen LogP contribution is -2.30. The van der Waals surface area contributed by atoms with E-state index in [0.29, 0.717) is 0 Å². The fraction of sp³-hybridized carbons (Fsp3) is 1.00. The third kappa shape index (κ3) is 3.31. The summed E-state index contributed by atoms with van der Waals surface area (Å²) < 4.78 is 34.0. The summed E-state index contributed by atoms with van der Waals surface area (Å²) in [6.45, 7) is -0.152. The van der Waals surface area contributed by atoms with E-state index in [-0.39, 0.29) is 6.54 Å². The molecule has 0 rings (SSSR count). The SMILES string of the molecule is NCC[C@@H](O)C(F)(F)F. The number of alkyl halides is 3. The van der Waals surface area contributed by atoms with Gasteiger partial charge in [-0.15, -0.1) is 0 Å². The molecule has 2 nitrogen and oxygen atoms in total. The molecule has 0 radical (unpaired) electrons. The van der Waals surface area contributed by atoms with Gasteiger partial charge in [-0.1, -0.05) is 0 Å². The maximum absolute atomic E-state index is 11.3. The molecular weight excluding hydrogens is 135 g/mol. The summed E-state index contributed by atoms with van der Waals surface area (Å²) in [6.07, 6.45) is -7.20. The molecule has 5 heteroatoms. The van der Waals surface area contributed by atoms with Gasteiger partial charge in [-0.05, 0) is 13.0 Å². The van der Waals surface area contributed by atoms with Crippen molar-refractivity contribution in [2.45, 2.75) is 18.7 Å². The molecule has 0 aliphatic rings. The van der Waals surface area contributed by atoms with Crippen LogP contribution in [0.5, 0.6) is 0 Å². The van der Waals surface area contributed by atoms with Gasteiger partial charge in [0.15, 0.2) is 6.10 Å². The predicted octanol–water partition coefficient (Wildman–Crippen LogP) is 0.258. The summed E-state index contributed by atoms with van der Waals surface area (Å²) in [5.41, 5.74) is 4.77. The van der Waals surface area contributed by atoms with Crippen LogP contribution in [0, 0.1) is 0 Å². The number of aliphatic hydroxyl groups excluding tert-OH is 1. The van der Waals surface area contributed by atoms with Crippen LogP contribution in [0.2, 0.25) is 0 Å². The van der Waals surface area contributed by atoms with Crippen molar-refractivity contribution in [3.05, 3.63) is 0 Å². The van der Waals surface area contributed by atoms with E-state index in [2.05, 4.69) is 0 Å². The highest BCUT2D eigenvalue weighted by molar-refractivity contribution is 4.64. The lowest BCUT2D eigenvalue weighted by molar-refractivity contribution is -0.204. The number of halogens is 3. The number of rotatable bonds is 2. The molecule has 0 bridgehead atoms. The summed E-state index contributed by atoms with van der Waals surface area (Å²) in [7, 11) is 0. The normalized spacial score (nSPS) is 15.7. The second-order valence-corrected chi connectivity index (χ2v) is 1.63. The fourth-order valence-electron chi connectivity index (χ4n) is 0.322. The van der Waals surface area contributed by atoms with Crippen LogP contribution in [-0.2, 0) is 0 Å². The molecular formula is C4H8F3NO. The average Bonchev–Trinajstić information content (AvgIpc) is 1.64. The summed E-state index contributed by atoms with van der Waals surface area (Å²) in [4.78, 5) is 0. The lowest BCUT2D eigenvalue weighted by Gasteiger charge is -2.12. The molecule has 9 heavy (non-hydrogen) atoms. The Hall–Kier alpha value is -0.290. The highest BCUT2D eigenvalue weighted by atomic mass is 19.4. The van der Waals surface area contributed by atoms with Crippen LogP contribution in [-0.4, -0.2) is 23.9 Å². The number of nitrogens with two attached hydrogens (primary N) is 1. The molecule has 3 N–H and O–H groups in total. The largest absolute Gasteiger partial charge is 0.414 e. The Morgan fingerprint density at radius 1 is 1.44 bits per heavy atom. The van der Waals surface area contributed by atoms with E-state index in [1.807, 2.05) is 0 Å². The van der Waals surface area contributed by atoms with Crippen LogP contribution in [0.15, 0.2) is 0 Å². The maximum Gasteiger partial charge on any atom is 0.414 e. The minimum atomic E-state index is -4.51. The minimum absolute atomic E-state index is 0.152. The molecule has 0 spiro atoms. The zero-order valence-electron chi connectivity index (χ0n) is 4.65. The molecule has 0 aliphatic heterocycles. The second kappa shape index (κ2) is 3.03. The summed E-state index contributed by atoms with van der Waals surface area (Å²) in [5, 5.41) is 8.18. The van der Waals surface area contributed by atoms with E-state index in [1.165, 1.54) is 0 Å². The molecule has 0 aromatic heterocycles. The van der Waals surface area contributed by atoms with Gasteiger partial charge in [0, 0.05) is 0 Å².